The normalized spacial score (nSPS) is 14.7. The van der Waals surface area contributed by atoms with Crippen molar-refractivity contribution in [3.05, 3.63) is 52.6 Å². The molecule has 4 aromatic rings. The van der Waals surface area contributed by atoms with Gasteiger partial charge in [0.25, 0.3) is 5.56 Å². The van der Waals surface area contributed by atoms with Crippen LogP contribution in [0.3, 0.4) is 0 Å². The highest BCUT2D eigenvalue weighted by atomic mass is 32.2. The second kappa shape index (κ2) is 8.11. The molecule has 0 N–H and O–H groups in total. The summed E-state index contributed by atoms with van der Waals surface area (Å²) in [7, 11) is 0. The van der Waals surface area contributed by atoms with E-state index in [-0.39, 0.29) is 18.4 Å². The molecule has 1 aliphatic carbocycles. The lowest BCUT2D eigenvalue weighted by atomic mass is 10.2. The van der Waals surface area contributed by atoms with Crippen molar-refractivity contribution in [2.45, 2.75) is 36.7 Å². The molecule has 2 aliphatic rings. The van der Waals surface area contributed by atoms with E-state index in [9.17, 15) is 4.79 Å². The fourth-order valence-corrected chi connectivity index (χ4v) is 4.71. The van der Waals surface area contributed by atoms with E-state index < -0.39 is 0 Å². The maximum absolute atomic E-state index is 13.3. The molecule has 6 rings (SSSR count). The summed E-state index contributed by atoms with van der Waals surface area (Å²) < 4.78 is 23.8. The van der Waals surface area contributed by atoms with Crippen LogP contribution in [-0.4, -0.2) is 33.1 Å². The molecule has 0 saturated heterocycles. The maximum atomic E-state index is 13.3. The average Bonchev–Trinajstić information content (AvgIpc) is 3.36. The topological polar surface area (TPSA) is 102 Å². The van der Waals surface area contributed by atoms with E-state index in [0.29, 0.717) is 57.4 Å². The second-order valence-corrected chi connectivity index (χ2v) is 8.70. The summed E-state index contributed by atoms with van der Waals surface area (Å²) in [6, 6.07) is 11.2. The number of ether oxygens (including phenoxy) is 3. The van der Waals surface area contributed by atoms with E-state index in [1.54, 1.807) is 16.7 Å². The molecule has 1 aliphatic heterocycles. The van der Waals surface area contributed by atoms with Gasteiger partial charge in [-0.1, -0.05) is 29.1 Å². The second-order valence-electron chi connectivity index (χ2n) is 7.75. The molecule has 2 aromatic carbocycles. The number of fused-ring (bicyclic) bond motifs is 2. The summed E-state index contributed by atoms with van der Waals surface area (Å²) in [5.74, 6) is 3.19. The molecule has 0 atom stereocenters. The third-order valence-electron chi connectivity index (χ3n) is 5.49. The van der Waals surface area contributed by atoms with Crippen molar-refractivity contribution in [2.75, 3.05) is 13.4 Å². The van der Waals surface area contributed by atoms with Crippen LogP contribution in [0.1, 0.15) is 31.7 Å². The highest BCUT2D eigenvalue weighted by Gasteiger charge is 2.30. The number of hydrogen-bond acceptors (Lipinski definition) is 9. The van der Waals surface area contributed by atoms with Gasteiger partial charge in [-0.2, -0.15) is 4.98 Å². The third-order valence-corrected chi connectivity index (χ3v) is 6.43. The van der Waals surface area contributed by atoms with E-state index in [0.717, 1.165) is 18.4 Å². The van der Waals surface area contributed by atoms with Crippen LogP contribution in [0.15, 0.2) is 50.9 Å². The summed E-state index contributed by atoms with van der Waals surface area (Å²) in [5.41, 5.74) is 1.29. The van der Waals surface area contributed by atoms with E-state index >= 15 is 0 Å². The zero-order chi connectivity index (χ0) is 22.4. The molecule has 168 valence electrons. The Bertz CT molecular complexity index is 1410. The number of para-hydroxylation sites is 1. The minimum Gasteiger partial charge on any atom is -0.493 e. The Labute approximate surface area is 192 Å². The van der Waals surface area contributed by atoms with Gasteiger partial charge >= 0.3 is 0 Å². The molecule has 0 unspecified atom stereocenters. The quantitative estimate of drug-likeness (QED) is 0.294. The number of benzene rings is 2. The van der Waals surface area contributed by atoms with Crippen molar-refractivity contribution in [1.82, 2.24) is 19.7 Å². The van der Waals surface area contributed by atoms with E-state index in [4.69, 9.17) is 23.7 Å². The minimum absolute atomic E-state index is 0.0693. The summed E-state index contributed by atoms with van der Waals surface area (Å²) >= 11 is 1.41. The Balaban J connectivity index is 1.31. The van der Waals surface area contributed by atoms with E-state index in [1.165, 1.54) is 11.8 Å². The monoisotopic (exact) mass is 464 g/mol. The van der Waals surface area contributed by atoms with Gasteiger partial charge in [-0.15, -0.1) is 0 Å². The van der Waals surface area contributed by atoms with Crippen LogP contribution in [-0.2, 0) is 5.75 Å². The summed E-state index contributed by atoms with van der Waals surface area (Å²) in [4.78, 5) is 22.6. The molecule has 33 heavy (non-hydrogen) atoms. The summed E-state index contributed by atoms with van der Waals surface area (Å²) in [6.07, 6.45) is 1.92. The molecule has 1 saturated carbocycles. The first-order valence-corrected chi connectivity index (χ1v) is 11.7. The highest BCUT2D eigenvalue weighted by molar-refractivity contribution is 7.98. The molecular formula is C23H20N4O5S. The molecule has 0 spiro atoms. The Morgan fingerprint density at radius 2 is 1.97 bits per heavy atom. The average molecular weight is 465 g/mol. The smallest absolute Gasteiger partial charge is 0.262 e. The Hall–Kier alpha value is -3.53. The van der Waals surface area contributed by atoms with E-state index in [1.807, 2.05) is 31.2 Å². The zero-order valence-electron chi connectivity index (χ0n) is 17.8. The van der Waals surface area contributed by atoms with Crippen LogP contribution in [0, 0.1) is 0 Å². The predicted octanol–water partition coefficient (Wildman–Crippen LogP) is 4.20. The molecule has 2 aromatic heterocycles. The highest BCUT2D eigenvalue weighted by Crippen LogP contribution is 2.39. The van der Waals surface area contributed by atoms with Gasteiger partial charge in [-0.25, -0.2) is 4.98 Å². The predicted molar refractivity (Wildman–Crippen MR) is 121 cm³/mol. The number of rotatable bonds is 7. The van der Waals surface area contributed by atoms with Gasteiger partial charge in [0.05, 0.1) is 28.8 Å². The number of hydrogen-bond donors (Lipinski definition) is 0. The number of thioether (sulfide) groups is 1. The maximum Gasteiger partial charge on any atom is 0.262 e. The Morgan fingerprint density at radius 3 is 2.79 bits per heavy atom. The molecule has 0 bridgehead atoms. The van der Waals surface area contributed by atoms with Gasteiger partial charge in [0, 0.05) is 12.1 Å². The van der Waals surface area contributed by atoms with Crippen LogP contribution in [0.25, 0.3) is 22.3 Å². The zero-order valence-corrected chi connectivity index (χ0v) is 18.6. The van der Waals surface area contributed by atoms with Crippen LogP contribution in [0.2, 0.25) is 0 Å². The molecule has 0 amide bonds. The summed E-state index contributed by atoms with van der Waals surface area (Å²) in [5, 5.41) is 5.28. The Morgan fingerprint density at radius 1 is 1.15 bits per heavy atom. The number of aromatic nitrogens is 4. The molecule has 0 radical (unpaired) electrons. The first-order chi connectivity index (χ1) is 16.2. The third kappa shape index (κ3) is 3.70. The standard InChI is InChI=1S/C23H20N4O5S/c1-2-29-17-6-4-3-5-14(17)21-25-20(32-26-21)11-33-23-24-16-10-19-18(30-12-31-19)9-15(16)22(28)27(23)13-7-8-13/h3-6,9-10,13H,2,7-8,11-12H2,1H3. The lowest BCUT2D eigenvalue weighted by molar-refractivity contribution is 0.174. The van der Waals surface area contributed by atoms with Crippen molar-refractivity contribution < 1.29 is 18.7 Å². The van der Waals surface area contributed by atoms with Gasteiger partial charge in [-0.3, -0.25) is 9.36 Å². The minimum atomic E-state index is -0.0693. The SMILES string of the molecule is CCOc1ccccc1-c1noc(CSc2nc3cc4c(cc3c(=O)n2C2CC2)OCO4)n1. The molecule has 10 heteroatoms. The fourth-order valence-electron chi connectivity index (χ4n) is 3.81. The largest absolute Gasteiger partial charge is 0.493 e. The van der Waals surface area contributed by atoms with Gasteiger partial charge in [0.1, 0.15) is 5.75 Å². The lowest BCUT2D eigenvalue weighted by Gasteiger charge is -2.12. The first-order valence-electron chi connectivity index (χ1n) is 10.7. The van der Waals surface area contributed by atoms with Gasteiger partial charge in [0.2, 0.25) is 18.5 Å². The first kappa shape index (κ1) is 20.1. The molecular weight excluding hydrogens is 444 g/mol. The van der Waals surface area contributed by atoms with E-state index in [2.05, 4.69) is 10.1 Å². The number of nitrogens with zero attached hydrogens (tertiary/aromatic N) is 4. The van der Waals surface area contributed by atoms with Crippen LogP contribution in [0.5, 0.6) is 17.2 Å². The van der Waals surface area contributed by atoms with Gasteiger partial charge in [0.15, 0.2) is 16.7 Å². The Kier molecular flexibility index (Phi) is 4.94. The van der Waals surface area contributed by atoms with Crippen LogP contribution >= 0.6 is 11.8 Å². The summed E-state index contributed by atoms with van der Waals surface area (Å²) in [6.45, 7) is 2.62. The van der Waals surface area contributed by atoms with Crippen LogP contribution < -0.4 is 19.8 Å². The van der Waals surface area contributed by atoms with Crippen LogP contribution in [0.4, 0.5) is 0 Å². The van der Waals surface area contributed by atoms with Gasteiger partial charge in [-0.05, 0) is 38.0 Å². The molecule has 9 nitrogen and oxygen atoms in total. The van der Waals surface area contributed by atoms with Crippen molar-refractivity contribution in [3.8, 4) is 28.6 Å². The van der Waals surface area contributed by atoms with Crippen molar-refractivity contribution in [1.29, 1.82) is 0 Å². The van der Waals surface area contributed by atoms with Gasteiger partial charge < -0.3 is 18.7 Å². The van der Waals surface area contributed by atoms with Crippen molar-refractivity contribution >= 4 is 22.7 Å². The fraction of sp³-hybridized carbons (Fsp3) is 0.304. The van der Waals surface area contributed by atoms with Crippen molar-refractivity contribution in [2.24, 2.45) is 0 Å². The van der Waals surface area contributed by atoms with Crippen molar-refractivity contribution in [3.63, 3.8) is 0 Å². The molecule has 3 heterocycles. The molecule has 1 fully saturated rings. The lowest BCUT2D eigenvalue weighted by Crippen LogP contribution is -2.22.